The standard InChI is InChI=1S/C19H25FN4O3/c1-12(2)8-23-16(25)14-9-22(10-19(3,4)11-24(14)18(23)27)17(26)15-13(20)6-5-7-21-15/h5-7,12,14H,8-11H2,1-4H3. The molecule has 2 aliphatic rings. The molecule has 1 unspecified atom stereocenters. The van der Waals surface area contributed by atoms with Crippen LogP contribution in [0.4, 0.5) is 9.18 Å². The summed E-state index contributed by atoms with van der Waals surface area (Å²) in [6.07, 6.45) is 1.36. The minimum absolute atomic E-state index is 0.0391. The molecule has 0 saturated carbocycles. The van der Waals surface area contributed by atoms with Gasteiger partial charge in [-0.2, -0.15) is 0 Å². The van der Waals surface area contributed by atoms with Crippen molar-refractivity contribution in [3.8, 4) is 0 Å². The number of imide groups is 1. The first-order chi connectivity index (χ1) is 12.6. The Bertz CT molecular complexity index is 780. The minimum atomic E-state index is -0.742. The molecular formula is C19H25FN4O3. The van der Waals surface area contributed by atoms with E-state index in [0.717, 1.165) is 0 Å². The zero-order valence-electron chi connectivity index (χ0n) is 16.1. The number of nitrogens with zero attached hydrogens (tertiary/aromatic N) is 4. The van der Waals surface area contributed by atoms with Crippen LogP contribution in [0.15, 0.2) is 18.3 Å². The van der Waals surface area contributed by atoms with E-state index in [9.17, 15) is 18.8 Å². The van der Waals surface area contributed by atoms with Gasteiger partial charge in [0.05, 0.1) is 6.54 Å². The SMILES string of the molecule is CC(C)CN1C(=O)C2CN(C(=O)c3ncccc3F)CC(C)(C)CN2C1=O. The van der Waals surface area contributed by atoms with Gasteiger partial charge in [-0.25, -0.2) is 14.2 Å². The van der Waals surface area contributed by atoms with E-state index < -0.39 is 23.2 Å². The summed E-state index contributed by atoms with van der Waals surface area (Å²) >= 11 is 0. The Hall–Kier alpha value is -2.51. The fourth-order valence-corrected chi connectivity index (χ4v) is 3.73. The van der Waals surface area contributed by atoms with Crippen molar-refractivity contribution in [2.75, 3.05) is 26.2 Å². The van der Waals surface area contributed by atoms with E-state index in [-0.39, 0.29) is 30.1 Å². The maximum Gasteiger partial charge on any atom is 0.327 e. The average molecular weight is 376 g/mol. The fourth-order valence-electron chi connectivity index (χ4n) is 3.73. The van der Waals surface area contributed by atoms with Crippen LogP contribution in [0.25, 0.3) is 0 Å². The summed E-state index contributed by atoms with van der Waals surface area (Å²) in [5, 5.41) is 0. The zero-order chi connectivity index (χ0) is 19.9. The van der Waals surface area contributed by atoms with Gasteiger partial charge < -0.3 is 9.80 Å². The number of hydrogen-bond donors (Lipinski definition) is 0. The van der Waals surface area contributed by atoms with Crippen molar-refractivity contribution in [2.24, 2.45) is 11.3 Å². The number of hydrogen-bond acceptors (Lipinski definition) is 4. The molecule has 3 heterocycles. The molecule has 2 aliphatic heterocycles. The first-order valence-electron chi connectivity index (χ1n) is 9.12. The minimum Gasteiger partial charge on any atom is -0.334 e. The molecule has 2 saturated heterocycles. The topological polar surface area (TPSA) is 73.8 Å². The second-order valence-corrected chi connectivity index (χ2v) is 8.45. The summed E-state index contributed by atoms with van der Waals surface area (Å²) in [5.41, 5.74) is -0.711. The molecule has 0 spiro atoms. The third kappa shape index (κ3) is 3.65. The highest BCUT2D eigenvalue weighted by Gasteiger charge is 2.50. The highest BCUT2D eigenvalue weighted by Crippen LogP contribution is 2.31. The molecule has 0 aromatic carbocycles. The van der Waals surface area contributed by atoms with Crippen molar-refractivity contribution < 1.29 is 18.8 Å². The van der Waals surface area contributed by atoms with Gasteiger partial charge in [-0.3, -0.25) is 14.5 Å². The Morgan fingerprint density at radius 2 is 2.04 bits per heavy atom. The third-order valence-electron chi connectivity index (χ3n) is 4.81. The van der Waals surface area contributed by atoms with E-state index in [0.29, 0.717) is 19.6 Å². The summed E-state index contributed by atoms with van der Waals surface area (Å²) in [7, 11) is 0. The first kappa shape index (κ1) is 19.3. The van der Waals surface area contributed by atoms with Crippen LogP contribution in [0.2, 0.25) is 0 Å². The molecule has 0 N–H and O–H groups in total. The van der Waals surface area contributed by atoms with Gasteiger partial charge in [0.25, 0.3) is 11.8 Å². The lowest BCUT2D eigenvalue weighted by Crippen LogP contribution is -2.44. The zero-order valence-corrected chi connectivity index (χ0v) is 16.1. The van der Waals surface area contributed by atoms with Gasteiger partial charge in [0.1, 0.15) is 6.04 Å². The lowest BCUT2D eigenvalue weighted by molar-refractivity contribution is -0.128. The Morgan fingerprint density at radius 3 is 2.67 bits per heavy atom. The lowest BCUT2D eigenvalue weighted by Gasteiger charge is -2.30. The van der Waals surface area contributed by atoms with Gasteiger partial charge in [-0.05, 0) is 18.1 Å². The highest BCUT2D eigenvalue weighted by atomic mass is 19.1. The summed E-state index contributed by atoms with van der Waals surface area (Å²) < 4.78 is 14.1. The van der Waals surface area contributed by atoms with E-state index in [1.165, 1.54) is 28.1 Å². The fraction of sp³-hybridized carbons (Fsp3) is 0.579. The second kappa shape index (κ2) is 6.90. The lowest BCUT2D eigenvalue weighted by atomic mass is 9.92. The van der Waals surface area contributed by atoms with Crippen LogP contribution in [0.3, 0.4) is 0 Å². The predicted molar refractivity (Wildman–Crippen MR) is 96.3 cm³/mol. The van der Waals surface area contributed by atoms with Crippen molar-refractivity contribution >= 4 is 17.8 Å². The summed E-state index contributed by atoms with van der Waals surface area (Å²) in [5.74, 6) is -1.41. The van der Waals surface area contributed by atoms with Gasteiger partial charge in [-0.15, -0.1) is 0 Å². The van der Waals surface area contributed by atoms with Gasteiger partial charge in [-0.1, -0.05) is 27.7 Å². The summed E-state index contributed by atoms with van der Waals surface area (Å²) in [6, 6.07) is 1.55. The Morgan fingerprint density at radius 1 is 1.33 bits per heavy atom. The van der Waals surface area contributed by atoms with Crippen LogP contribution in [-0.2, 0) is 4.79 Å². The Kier molecular flexibility index (Phi) is 4.92. The number of carbonyl (C=O) groups excluding carboxylic acids is 3. The number of amides is 4. The number of halogens is 1. The normalized spacial score (nSPS) is 22.3. The largest absolute Gasteiger partial charge is 0.334 e. The molecule has 0 radical (unpaired) electrons. The summed E-state index contributed by atoms with van der Waals surface area (Å²) in [6.45, 7) is 8.76. The smallest absolute Gasteiger partial charge is 0.327 e. The van der Waals surface area contributed by atoms with Crippen molar-refractivity contribution in [3.05, 3.63) is 29.8 Å². The van der Waals surface area contributed by atoms with Crippen molar-refractivity contribution in [1.29, 1.82) is 0 Å². The molecule has 0 aliphatic carbocycles. The third-order valence-corrected chi connectivity index (χ3v) is 4.81. The van der Waals surface area contributed by atoms with Gasteiger partial charge in [0, 0.05) is 31.2 Å². The van der Waals surface area contributed by atoms with Crippen molar-refractivity contribution in [1.82, 2.24) is 19.7 Å². The molecule has 1 aromatic heterocycles. The van der Waals surface area contributed by atoms with E-state index >= 15 is 0 Å². The average Bonchev–Trinajstić information content (AvgIpc) is 2.72. The van der Waals surface area contributed by atoms with Crippen LogP contribution >= 0.6 is 0 Å². The van der Waals surface area contributed by atoms with Gasteiger partial charge in [0.15, 0.2) is 11.5 Å². The maximum absolute atomic E-state index is 14.1. The number of fused-ring (bicyclic) bond motifs is 1. The number of urea groups is 1. The molecule has 3 rings (SSSR count). The second-order valence-electron chi connectivity index (χ2n) is 8.45. The van der Waals surface area contributed by atoms with Crippen LogP contribution in [-0.4, -0.2) is 69.8 Å². The highest BCUT2D eigenvalue weighted by molar-refractivity contribution is 6.05. The molecule has 27 heavy (non-hydrogen) atoms. The molecule has 4 amide bonds. The predicted octanol–water partition coefficient (Wildman–Crippen LogP) is 1.99. The van der Waals surface area contributed by atoms with Crippen LogP contribution in [0.1, 0.15) is 38.2 Å². The van der Waals surface area contributed by atoms with Crippen LogP contribution in [0, 0.1) is 17.2 Å². The number of rotatable bonds is 3. The number of pyridine rings is 1. The van der Waals surface area contributed by atoms with Crippen LogP contribution < -0.4 is 0 Å². The van der Waals surface area contributed by atoms with E-state index in [4.69, 9.17) is 0 Å². The monoisotopic (exact) mass is 376 g/mol. The van der Waals surface area contributed by atoms with Gasteiger partial charge >= 0.3 is 6.03 Å². The van der Waals surface area contributed by atoms with Crippen molar-refractivity contribution in [2.45, 2.75) is 33.7 Å². The number of carbonyl (C=O) groups is 3. The maximum atomic E-state index is 14.1. The van der Waals surface area contributed by atoms with Crippen LogP contribution in [0.5, 0.6) is 0 Å². The van der Waals surface area contributed by atoms with E-state index in [2.05, 4.69) is 4.98 Å². The molecule has 1 atom stereocenters. The molecule has 1 aromatic rings. The molecule has 7 nitrogen and oxygen atoms in total. The molecule has 2 fully saturated rings. The van der Waals surface area contributed by atoms with Crippen molar-refractivity contribution in [3.63, 3.8) is 0 Å². The molecular weight excluding hydrogens is 351 g/mol. The number of aromatic nitrogens is 1. The first-order valence-corrected chi connectivity index (χ1v) is 9.12. The quantitative estimate of drug-likeness (QED) is 0.757. The Balaban J connectivity index is 1.92. The summed E-state index contributed by atoms with van der Waals surface area (Å²) in [4.78, 5) is 46.7. The van der Waals surface area contributed by atoms with E-state index in [1.807, 2.05) is 27.7 Å². The van der Waals surface area contributed by atoms with E-state index in [1.54, 1.807) is 4.90 Å². The molecule has 8 heteroatoms. The Labute approximate surface area is 158 Å². The molecule has 0 bridgehead atoms. The van der Waals surface area contributed by atoms with Gasteiger partial charge in [0.2, 0.25) is 0 Å². The molecule has 146 valence electrons.